The summed E-state index contributed by atoms with van der Waals surface area (Å²) in [5, 5.41) is 0. The average molecular weight is 392 g/mol. The lowest BCUT2D eigenvalue weighted by atomic mass is 9.95. The lowest BCUT2D eigenvalue weighted by Gasteiger charge is -2.28. The number of carbonyl (C=O) groups is 1. The van der Waals surface area contributed by atoms with Crippen LogP contribution >= 0.6 is 0 Å². The quantitative estimate of drug-likeness (QED) is 0.683. The van der Waals surface area contributed by atoms with Gasteiger partial charge in [-0.2, -0.15) is 0 Å². The van der Waals surface area contributed by atoms with Gasteiger partial charge < -0.3 is 14.7 Å². The van der Waals surface area contributed by atoms with Crippen LogP contribution < -0.4 is 14.7 Å². The summed E-state index contributed by atoms with van der Waals surface area (Å²) in [7, 11) is 0. The third-order valence-corrected chi connectivity index (χ3v) is 6.82. The SMILES string of the molecule is CCN(CC)c1ccc2c(c1)[C@@H]1[C@H](C2)c2ccc(N(CC)CC)cc2N1C(C)=O. The molecule has 4 rings (SSSR count). The fourth-order valence-corrected chi connectivity index (χ4v) is 5.35. The number of benzene rings is 2. The van der Waals surface area contributed by atoms with Crippen LogP contribution in [0.2, 0.25) is 0 Å². The zero-order valence-electron chi connectivity index (χ0n) is 18.4. The molecule has 0 unspecified atom stereocenters. The average Bonchev–Trinajstić information content (AvgIpc) is 3.24. The van der Waals surface area contributed by atoms with Gasteiger partial charge in [-0.15, -0.1) is 0 Å². The van der Waals surface area contributed by atoms with Gasteiger partial charge >= 0.3 is 0 Å². The van der Waals surface area contributed by atoms with Crippen LogP contribution in [0.5, 0.6) is 0 Å². The van der Waals surface area contributed by atoms with Crippen LogP contribution in [-0.4, -0.2) is 32.1 Å². The first-order valence-corrected chi connectivity index (χ1v) is 11.1. The number of anilines is 3. The van der Waals surface area contributed by atoms with Crippen molar-refractivity contribution in [2.75, 3.05) is 40.9 Å². The number of rotatable bonds is 6. The highest BCUT2D eigenvalue weighted by atomic mass is 16.2. The fourth-order valence-electron chi connectivity index (χ4n) is 5.35. The molecule has 29 heavy (non-hydrogen) atoms. The Kier molecular flexibility index (Phi) is 5.28. The Morgan fingerprint density at radius 1 is 0.897 bits per heavy atom. The van der Waals surface area contributed by atoms with Crippen LogP contribution in [0.25, 0.3) is 0 Å². The Hall–Kier alpha value is -2.49. The summed E-state index contributed by atoms with van der Waals surface area (Å²) in [4.78, 5) is 19.6. The van der Waals surface area contributed by atoms with Gasteiger partial charge in [0.2, 0.25) is 5.91 Å². The minimum Gasteiger partial charge on any atom is -0.372 e. The van der Waals surface area contributed by atoms with E-state index in [2.05, 4.69) is 78.8 Å². The van der Waals surface area contributed by atoms with Gasteiger partial charge in [-0.3, -0.25) is 4.79 Å². The molecule has 2 aliphatic rings. The second-order valence-corrected chi connectivity index (χ2v) is 8.12. The molecule has 4 heteroatoms. The molecule has 2 atom stereocenters. The predicted molar refractivity (Wildman–Crippen MR) is 122 cm³/mol. The van der Waals surface area contributed by atoms with Crippen LogP contribution in [-0.2, 0) is 11.2 Å². The van der Waals surface area contributed by atoms with Crippen molar-refractivity contribution in [1.29, 1.82) is 0 Å². The Labute approximate surface area is 175 Å². The predicted octanol–water partition coefficient (Wildman–Crippen LogP) is 5.13. The normalized spacial score (nSPS) is 19.0. The van der Waals surface area contributed by atoms with E-state index in [0.29, 0.717) is 5.92 Å². The van der Waals surface area contributed by atoms with Gasteiger partial charge in [0.25, 0.3) is 0 Å². The molecule has 0 aromatic heterocycles. The molecular formula is C25H33N3O. The molecule has 0 saturated heterocycles. The topological polar surface area (TPSA) is 26.8 Å². The first-order chi connectivity index (χ1) is 14.0. The van der Waals surface area contributed by atoms with Crippen molar-refractivity contribution in [1.82, 2.24) is 0 Å². The van der Waals surface area contributed by atoms with E-state index >= 15 is 0 Å². The van der Waals surface area contributed by atoms with Crippen LogP contribution in [0, 0.1) is 0 Å². The molecule has 0 saturated carbocycles. The van der Waals surface area contributed by atoms with Gasteiger partial charge in [0.05, 0.1) is 6.04 Å². The number of amides is 1. The molecule has 0 bridgehead atoms. The van der Waals surface area contributed by atoms with E-state index in [9.17, 15) is 4.79 Å². The summed E-state index contributed by atoms with van der Waals surface area (Å²) in [6.45, 7) is 14.4. The third kappa shape index (κ3) is 3.09. The highest BCUT2D eigenvalue weighted by Crippen LogP contribution is 2.56. The number of fused-ring (bicyclic) bond motifs is 5. The molecule has 0 radical (unpaired) electrons. The number of carbonyl (C=O) groups excluding carboxylic acids is 1. The molecular weight excluding hydrogens is 358 g/mol. The van der Waals surface area contributed by atoms with E-state index in [1.165, 1.54) is 28.1 Å². The maximum absolute atomic E-state index is 12.8. The lowest BCUT2D eigenvalue weighted by molar-refractivity contribution is -0.117. The second kappa shape index (κ2) is 7.74. The molecule has 1 amide bonds. The van der Waals surface area contributed by atoms with Crippen LogP contribution in [0.15, 0.2) is 36.4 Å². The maximum Gasteiger partial charge on any atom is 0.224 e. The smallest absolute Gasteiger partial charge is 0.224 e. The van der Waals surface area contributed by atoms with Crippen molar-refractivity contribution in [3.8, 4) is 0 Å². The molecule has 1 heterocycles. The van der Waals surface area contributed by atoms with Crippen molar-refractivity contribution in [2.24, 2.45) is 0 Å². The highest BCUT2D eigenvalue weighted by Gasteiger charge is 2.46. The molecule has 0 spiro atoms. The van der Waals surface area contributed by atoms with Gasteiger partial charge in [-0.1, -0.05) is 12.1 Å². The summed E-state index contributed by atoms with van der Waals surface area (Å²) < 4.78 is 0. The lowest BCUT2D eigenvalue weighted by Crippen LogP contribution is -2.30. The molecule has 2 aromatic rings. The Balaban J connectivity index is 1.79. The van der Waals surface area contributed by atoms with E-state index in [1.807, 2.05) is 0 Å². The first-order valence-electron chi connectivity index (χ1n) is 11.1. The van der Waals surface area contributed by atoms with Gasteiger partial charge in [0, 0.05) is 56.1 Å². The van der Waals surface area contributed by atoms with Gasteiger partial charge in [-0.05, 0) is 75.1 Å². The number of hydrogen-bond acceptors (Lipinski definition) is 3. The summed E-state index contributed by atoms with van der Waals surface area (Å²) in [5.74, 6) is 0.498. The van der Waals surface area contributed by atoms with Gasteiger partial charge in [-0.25, -0.2) is 0 Å². The summed E-state index contributed by atoms with van der Waals surface area (Å²) in [5.41, 5.74) is 7.61. The summed E-state index contributed by atoms with van der Waals surface area (Å²) in [6.07, 6.45) is 1.01. The maximum atomic E-state index is 12.8. The van der Waals surface area contributed by atoms with Gasteiger partial charge in [0.15, 0.2) is 0 Å². The second-order valence-electron chi connectivity index (χ2n) is 8.12. The Morgan fingerprint density at radius 2 is 1.48 bits per heavy atom. The van der Waals surface area contributed by atoms with E-state index in [4.69, 9.17) is 0 Å². The van der Waals surface area contributed by atoms with E-state index in [0.717, 1.165) is 38.3 Å². The molecule has 0 N–H and O–H groups in total. The summed E-state index contributed by atoms with van der Waals surface area (Å²) >= 11 is 0. The van der Waals surface area contributed by atoms with Crippen molar-refractivity contribution in [3.63, 3.8) is 0 Å². The van der Waals surface area contributed by atoms with Crippen LogP contribution in [0.1, 0.15) is 63.3 Å². The minimum absolute atomic E-state index is 0.125. The minimum atomic E-state index is 0.125. The van der Waals surface area contributed by atoms with E-state index in [1.54, 1.807) is 6.92 Å². The molecule has 154 valence electrons. The molecule has 0 fully saturated rings. The Bertz CT molecular complexity index is 914. The molecule has 1 aliphatic heterocycles. The van der Waals surface area contributed by atoms with Crippen molar-refractivity contribution in [3.05, 3.63) is 53.1 Å². The van der Waals surface area contributed by atoms with Crippen molar-refractivity contribution in [2.45, 2.75) is 53.0 Å². The van der Waals surface area contributed by atoms with Crippen molar-refractivity contribution >= 4 is 23.0 Å². The highest BCUT2D eigenvalue weighted by molar-refractivity contribution is 5.96. The van der Waals surface area contributed by atoms with Crippen LogP contribution in [0.3, 0.4) is 0 Å². The fraction of sp³-hybridized carbons (Fsp3) is 0.480. The number of nitrogens with zero attached hydrogens (tertiary/aromatic N) is 3. The molecule has 1 aliphatic carbocycles. The van der Waals surface area contributed by atoms with Gasteiger partial charge in [0.1, 0.15) is 0 Å². The first kappa shape index (κ1) is 19.8. The zero-order chi connectivity index (χ0) is 20.7. The largest absolute Gasteiger partial charge is 0.372 e. The zero-order valence-corrected chi connectivity index (χ0v) is 18.4. The molecule has 2 aromatic carbocycles. The monoisotopic (exact) mass is 391 g/mol. The van der Waals surface area contributed by atoms with E-state index < -0.39 is 0 Å². The molecule has 4 nitrogen and oxygen atoms in total. The standard InChI is InChI=1S/C25H33N3O/c1-6-26(7-2)19-11-10-18-14-23-21-13-12-20(27(8-3)9-4)16-24(21)28(17(5)29)25(23)22(18)15-19/h10-13,15-16,23,25H,6-9,14H2,1-5H3/t23-,25-/m1/s1. The van der Waals surface area contributed by atoms with E-state index in [-0.39, 0.29) is 11.9 Å². The summed E-state index contributed by atoms with van der Waals surface area (Å²) in [6, 6.07) is 13.7. The Morgan fingerprint density at radius 3 is 2.07 bits per heavy atom. The third-order valence-electron chi connectivity index (χ3n) is 6.82. The number of hydrogen-bond donors (Lipinski definition) is 0. The van der Waals surface area contributed by atoms with Crippen molar-refractivity contribution < 1.29 is 4.79 Å². The van der Waals surface area contributed by atoms with Crippen LogP contribution in [0.4, 0.5) is 17.1 Å².